The van der Waals surface area contributed by atoms with E-state index in [1.54, 1.807) is 24.3 Å². The number of carbonyl (C=O) groups is 2. The summed E-state index contributed by atoms with van der Waals surface area (Å²) in [5, 5.41) is 8.46. The number of fused-ring (bicyclic) bond motifs is 1. The molecule has 3 N–H and O–H groups in total. The second-order valence-corrected chi connectivity index (χ2v) is 5.27. The SMILES string of the molecule is CC.NSc1ccc(NC2=CC(=O)c3ccccc3C2=O)cc1. The van der Waals surface area contributed by atoms with E-state index in [2.05, 4.69) is 5.32 Å². The Kier molecular flexibility index (Phi) is 5.73. The lowest BCUT2D eigenvalue weighted by molar-refractivity contribution is 0.0985. The molecule has 2 aromatic carbocycles. The van der Waals surface area contributed by atoms with Crippen molar-refractivity contribution in [1.29, 1.82) is 0 Å². The maximum Gasteiger partial charge on any atom is 0.210 e. The van der Waals surface area contributed by atoms with Crippen LogP contribution >= 0.6 is 11.9 Å². The number of ketones is 2. The second-order valence-electron chi connectivity index (χ2n) is 4.56. The predicted octanol–water partition coefficient (Wildman–Crippen LogP) is 4.05. The topological polar surface area (TPSA) is 72.2 Å². The number of nitrogens with one attached hydrogen (secondary N) is 1. The highest BCUT2D eigenvalue weighted by atomic mass is 32.2. The molecule has 0 heterocycles. The van der Waals surface area contributed by atoms with Crippen molar-refractivity contribution in [2.45, 2.75) is 18.7 Å². The zero-order chi connectivity index (χ0) is 16.8. The summed E-state index contributed by atoms with van der Waals surface area (Å²) in [5.41, 5.74) is 1.90. The van der Waals surface area contributed by atoms with Gasteiger partial charge in [-0.1, -0.05) is 38.1 Å². The highest BCUT2D eigenvalue weighted by molar-refractivity contribution is 7.97. The molecule has 23 heavy (non-hydrogen) atoms. The molecule has 0 amide bonds. The first-order valence-electron chi connectivity index (χ1n) is 7.32. The van der Waals surface area contributed by atoms with Crippen molar-refractivity contribution in [2.24, 2.45) is 5.14 Å². The number of benzene rings is 2. The van der Waals surface area contributed by atoms with Gasteiger partial charge in [0.15, 0.2) is 5.78 Å². The fourth-order valence-corrected chi connectivity index (χ4v) is 2.47. The molecule has 0 bridgehead atoms. The Morgan fingerprint density at radius 3 is 2.13 bits per heavy atom. The molecule has 0 radical (unpaired) electrons. The summed E-state index contributed by atoms with van der Waals surface area (Å²) >= 11 is 1.15. The van der Waals surface area contributed by atoms with Crippen LogP contribution in [0.4, 0.5) is 5.69 Å². The third kappa shape index (κ3) is 3.70. The van der Waals surface area contributed by atoms with Gasteiger partial charge in [0.1, 0.15) is 0 Å². The molecule has 4 nitrogen and oxygen atoms in total. The second kappa shape index (κ2) is 7.76. The van der Waals surface area contributed by atoms with Crippen LogP contribution in [0.25, 0.3) is 0 Å². The van der Waals surface area contributed by atoms with E-state index in [0.29, 0.717) is 11.1 Å². The van der Waals surface area contributed by atoms with Gasteiger partial charge < -0.3 is 5.32 Å². The lowest BCUT2D eigenvalue weighted by Gasteiger charge is -2.16. The molecule has 0 aromatic heterocycles. The monoisotopic (exact) mass is 326 g/mol. The van der Waals surface area contributed by atoms with Crippen LogP contribution in [0.1, 0.15) is 34.6 Å². The third-order valence-corrected chi connectivity index (χ3v) is 3.77. The van der Waals surface area contributed by atoms with Gasteiger partial charge in [-0.2, -0.15) is 0 Å². The van der Waals surface area contributed by atoms with Crippen molar-refractivity contribution < 1.29 is 9.59 Å². The lowest BCUT2D eigenvalue weighted by atomic mass is 9.92. The number of allylic oxidation sites excluding steroid dienone is 2. The Labute approximate surface area is 139 Å². The van der Waals surface area contributed by atoms with E-state index in [9.17, 15) is 9.59 Å². The van der Waals surface area contributed by atoms with Crippen LogP contribution in [0, 0.1) is 0 Å². The first kappa shape index (κ1) is 17.0. The quantitative estimate of drug-likeness (QED) is 0.832. The van der Waals surface area contributed by atoms with E-state index in [-0.39, 0.29) is 17.3 Å². The number of Topliss-reactive ketones (excluding diaryl/α,β-unsaturated/α-hetero) is 1. The molecular formula is C18H18N2O2S. The molecule has 5 heteroatoms. The average Bonchev–Trinajstić information content (AvgIpc) is 2.62. The standard InChI is InChI=1S/C16H12N2O2S.C2H6/c17-21-11-7-5-10(6-8-11)18-14-9-15(19)12-3-1-2-4-13(12)16(14)20;1-2/h1-9,18H,17H2;1-2H3. The van der Waals surface area contributed by atoms with Crippen molar-refractivity contribution in [3.8, 4) is 0 Å². The minimum atomic E-state index is -0.178. The van der Waals surface area contributed by atoms with Crippen molar-refractivity contribution in [3.05, 3.63) is 71.4 Å². The van der Waals surface area contributed by atoms with Crippen LogP contribution in [-0.4, -0.2) is 11.6 Å². The molecule has 118 valence electrons. The summed E-state index contributed by atoms with van der Waals surface area (Å²) in [6.45, 7) is 4.00. The highest BCUT2D eigenvalue weighted by Crippen LogP contribution is 2.23. The number of hydrogen-bond acceptors (Lipinski definition) is 5. The van der Waals surface area contributed by atoms with E-state index >= 15 is 0 Å². The van der Waals surface area contributed by atoms with Gasteiger partial charge in [-0.15, -0.1) is 0 Å². The summed E-state index contributed by atoms with van der Waals surface area (Å²) < 4.78 is 0. The molecule has 0 unspecified atom stereocenters. The minimum absolute atomic E-state index is 0.165. The van der Waals surface area contributed by atoms with Gasteiger partial charge in [0.25, 0.3) is 0 Å². The smallest absolute Gasteiger partial charge is 0.210 e. The van der Waals surface area contributed by atoms with Crippen molar-refractivity contribution in [2.75, 3.05) is 5.32 Å². The summed E-state index contributed by atoms with van der Waals surface area (Å²) in [4.78, 5) is 25.3. The Morgan fingerprint density at radius 2 is 1.52 bits per heavy atom. The van der Waals surface area contributed by atoms with E-state index in [4.69, 9.17) is 5.14 Å². The number of carbonyl (C=O) groups excluding carboxylic acids is 2. The minimum Gasteiger partial charge on any atom is -0.352 e. The van der Waals surface area contributed by atoms with E-state index in [0.717, 1.165) is 22.5 Å². The molecular weight excluding hydrogens is 308 g/mol. The number of nitrogens with two attached hydrogens (primary N) is 1. The Morgan fingerprint density at radius 1 is 0.913 bits per heavy atom. The number of anilines is 1. The van der Waals surface area contributed by atoms with Gasteiger partial charge in [0, 0.05) is 27.8 Å². The van der Waals surface area contributed by atoms with E-state index < -0.39 is 0 Å². The summed E-state index contributed by atoms with van der Waals surface area (Å²) in [5.74, 6) is -0.343. The van der Waals surface area contributed by atoms with Crippen LogP contribution in [0.3, 0.4) is 0 Å². The maximum absolute atomic E-state index is 12.4. The van der Waals surface area contributed by atoms with Crippen molar-refractivity contribution in [1.82, 2.24) is 0 Å². The molecule has 0 saturated carbocycles. The fraction of sp³-hybridized carbons (Fsp3) is 0.111. The van der Waals surface area contributed by atoms with Gasteiger partial charge in [0.05, 0.1) is 5.70 Å². The van der Waals surface area contributed by atoms with Crippen molar-refractivity contribution >= 4 is 29.2 Å². The first-order chi connectivity index (χ1) is 11.2. The van der Waals surface area contributed by atoms with E-state index in [1.165, 1.54) is 6.08 Å². The van der Waals surface area contributed by atoms with Crippen LogP contribution in [0.5, 0.6) is 0 Å². The summed E-state index contributed by atoms with van der Waals surface area (Å²) in [7, 11) is 0. The fourth-order valence-electron chi connectivity index (χ4n) is 2.18. The van der Waals surface area contributed by atoms with E-state index in [1.807, 2.05) is 38.1 Å². The van der Waals surface area contributed by atoms with Gasteiger partial charge in [-0.25, -0.2) is 0 Å². The van der Waals surface area contributed by atoms with Crippen LogP contribution < -0.4 is 10.5 Å². The van der Waals surface area contributed by atoms with Gasteiger partial charge in [-0.3, -0.25) is 14.7 Å². The highest BCUT2D eigenvalue weighted by Gasteiger charge is 2.24. The molecule has 0 aliphatic heterocycles. The number of hydrogen-bond donors (Lipinski definition) is 2. The molecule has 0 fully saturated rings. The zero-order valence-electron chi connectivity index (χ0n) is 13.0. The molecule has 0 saturated heterocycles. The maximum atomic E-state index is 12.4. The lowest BCUT2D eigenvalue weighted by Crippen LogP contribution is -2.21. The summed E-state index contributed by atoms with van der Waals surface area (Å²) in [6, 6.07) is 14.1. The summed E-state index contributed by atoms with van der Waals surface area (Å²) in [6.07, 6.45) is 1.34. The third-order valence-electron chi connectivity index (χ3n) is 3.23. The first-order valence-corrected chi connectivity index (χ1v) is 8.20. The van der Waals surface area contributed by atoms with Gasteiger partial charge in [0.2, 0.25) is 5.78 Å². The van der Waals surface area contributed by atoms with Crippen LogP contribution in [0.2, 0.25) is 0 Å². The van der Waals surface area contributed by atoms with Crippen LogP contribution in [0.15, 0.2) is 65.2 Å². The Bertz CT molecular complexity index is 752. The Hall–Kier alpha value is -2.37. The molecule has 3 rings (SSSR count). The zero-order valence-corrected chi connectivity index (χ0v) is 13.8. The molecule has 0 spiro atoms. The average molecular weight is 326 g/mol. The predicted molar refractivity (Wildman–Crippen MR) is 94.6 cm³/mol. The van der Waals surface area contributed by atoms with Gasteiger partial charge >= 0.3 is 0 Å². The Balaban J connectivity index is 0.000000924. The van der Waals surface area contributed by atoms with Crippen molar-refractivity contribution in [3.63, 3.8) is 0 Å². The molecule has 2 aromatic rings. The van der Waals surface area contributed by atoms with Gasteiger partial charge in [-0.05, 0) is 36.2 Å². The normalized spacial score (nSPS) is 12.7. The van der Waals surface area contributed by atoms with Crippen LogP contribution in [-0.2, 0) is 0 Å². The molecule has 1 aliphatic rings. The number of rotatable bonds is 3. The molecule has 1 aliphatic carbocycles. The largest absolute Gasteiger partial charge is 0.352 e. The molecule has 0 atom stereocenters.